The third-order valence-corrected chi connectivity index (χ3v) is 2.23. The van der Waals surface area contributed by atoms with E-state index in [2.05, 4.69) is 9.97 Å². The molecule has 0 aliphatic carbocycles. The topological polar surface area (TPSA) is 45.8 Å². The quantitative estimate of drug-likeness (QED) is 0.539. The molecule has 0 aliphatic rings. The molecule has 1 aromatic rings. The zero-order valence-corrected chi connectivity index (χ0v) is 7.71. The zero-order valence-electron chi connectivity index (χ0n) is 6.14. The molecule has 0 radical (unpaired) electrons. The van der Waals surface area contributed by atoms with Crippen LogP contribution in [0.15, 0.2) is 9.95 Å². The van der Waals surface area contributed by atoms with Crippen LogP contribution in [0, 0.1) is 6.92 Å². The number of halogens is 1. The van der Waals surface area contributed by atoms with E-state index in [0.29, 0.717) is 10.9 Å². The summed E-state index contributed by atoms with van der Waals surface area (Å²) in [6.45, 7) is 1.71. The minimum atomic E-state index is -0.275. The summed E-state index contributed by atoms with van der Waals surface area (Å²) in [5.74, 6) is 0. The molecule has 1 N–H and O–H groups in total. The van der Waals surface area contributed by atoms with Gasteiger partial charge in [0.2, 0.25) is 0 Å². The first-order valence-corrected chi connectivity index (χ1v) is 4.56. The highest BCUT2D eigenvalue weighted by Crippen LogP contribution is 2.10. The van der Waals surface area contributed by atoms with Crippen LogP contribution < -0.4 is 5.56 Å². The van der Waals surface area contributed by atoms with E-state index in [1.54, 1.807) is 6.92 Å². The fourth-order valence-electron chi connectivity index (χ4n) is 0.642. The van der Waals surface area contributed by atoms with Crippen molar-refractivity contribution >= 4 is 23.4 Å². The van der Waals surface area contributed by atoms with Crippen LogP contribution >= 0.6 is 23.4 Å². The molecule has 0 aliphatic heterocycles. The summed E-state index contributed by atoms with van der Waals surface area (Å²) in [6.07, 6.45) is 1.84. The van der Waals surface area contributed by atoms with Gasteiger partial charge >= 0.3 is 0 Å². The SMILES string of the molecule is CSc1nc(C)c(Cl)c(=O)[nH]1. The van der Waals surface area contributed by atoms with E-state index in [1.807, 2.05) is 6.26 Å². The lowest BCUT2D eigenvalue weighted by Gasteiger charge is -1.97. The smallest absolute Gasteiger partial charge is 0.270 e. The molecular formula is C6H7ClN2OS. The molecule has 0 unspecified atom stereocenters. The summed E-state index contributed by atoms with van der Waals surface area (Å²) in [6, 6.07) is 0. The molecule has 1 heterocycles. The molecule has 11 heavy (non-hydrogen) atoms. The van der Waals surface area contributed by atoms with Gasteiger partial charge in [0, 0.05) is 0 Å². The van der Waals surface area contributed by atoms with Crippen LogP contribution in [-0.2, 0) is 0 Å². The highest BCUT2D eigenvalue weighted by atomic mass is 35.5. The molecule has 0 fully saturated rings. The number of nitrogens with zero attached hydrogens (tertiary/aromatic N) is 1. The van der Waals surface area contributed by atoms with Crippen molar-refractivity contribution in [2.45, 2.75) is 12.1 Å². The Kier molecular flexibility index (Phi) is 2.57. The highest BCUT2D eigenvalue weighted by molar-refractivity contribution is 7.98. The van der Waals surface area contributed by atoms with Gasteiger partial charge in [-0.3, -0.25) is 4.79 Å². The molecule has 0 amide bonds. The van der Waals surface area contributed by atoms with Crippen molar-refractivity contribution in [1.29, 1.82) is 0 Å². The fourth-order valence-corrected chi connectivity index (χ4v) is 1.15. The predicted octanol–water partition coefficient (Wildman–Crippen LogP) is 1.45. The summed E-state index contributed by atoms with van der Waals surface area (Å²) in [4.78, 5) is 17.5. The largest absolute Gasteiger partial charge is 0.300 e. The molecule has 0 spiro atoms. The molecule has 5 heteroatoms. The maximum absolute atomic E-state index is 11.0. The van der Waals surface area contributed by atoms with Crippen molar-refractivity contribution in [2.24, 2.45) is 0 Å². The van der Waals surface area contributed by atoms with Gasteiger partial charge in [-0.05, 0) is 13.2 Å². The Labute approximate surface area is 73.2 Å². The van der Waals surface area contributed by atoms with Crippen LogP contribution in [0.4, 0.5) is 0 Å². The van der Waals surface area contributed by atoms with Gasteiger partial charge < -0.3 is 4.98 Å². The number of nitrogens with one attached hydrogen (secondary N) is 1. The maximum atomic E-state index is 11.0. The maximum Gasteiger partial charge on any atom is 0.270 e. The van der Waals surface area contributed by atoms with Crippen molar-refractivity contribution in [3.05, 3.63) is 21.1 Å². The van der Waals surface area contributed by atoms with E-state index in [1.165, 1.54) is 11.8 Å². The van der Waals surface area contributed by atoms with Gasteiger partial charge in [0.1, 0.15) is 5.02 Å². The van der Waals surface area contributed by atoms with Crippen LogP contribution in [0.2, 0.25) is 5.02 Å². The summed E-state index contributed by atoms with van der Waals surface area (Å²) >= 11 is 6.97. The summed E-state index contributed by atoms with van der Waals surface area (Å²) < 4.78 is 0. The molecule has 0 atom stereocenters. The number of thioether (sulfide) groups is 1. The van der Waals surface area contributed by atoms with Crippen molar-refractivity contribution < 1.29 is 0 Å². The van der Waals surface area contributed by atoms with E-state index < -0.39 is 0 Å². The number of H-pyrrole nitrogens is 1. The Balaban J connectivity index is 3.32. The van der Waals surface area contributed by atoms with Crippen LogP contribution in [0.25, 0.3) is 0 Å². The minimum absolute atomic E-state index is 0.169. The molecule has 0 bridgehead atoms. The number of aromatic amines is 1. The third kappa shape index (κ3) is 1.75. The highest BCUT2D eigenvalue weighted by Gasteiger charge is 2.03. The molecule has 60 valence electrons. The van der Waals surface area contributed by atoms with Gasteiger partial charge in [-0.2, -0.15) is 0 Å². The van der Waals surface area contributed by atoms with Crippen LogP contribution in [0.3, 0.4) is 0 Å². The fraction of sp³-hybridized carbons (Fsp3) is 0.333. The normalized spacial score (nSPS) is 10.1. The number of aryl methyl sites for hydroxylation is 1. The molecular weight excluding hydrogens is 184 g/mol. The second-order valence-electron chi connectivity index (χ2n) is 1.97. The van der Waals surface area contributed by atoms with Gasteiger partial charge in [0.15, 0.2) is 5.16 Å². The molecule has 0 aromatic carbocycles. The van der Waals surface area contributed by atoms with Crippen LogP contribution in [0.1, 0.15) is 5.69 Å². The van der Waals surface area contributed by atoms with Crippen molar-refractivity contribution in [1.82, 2.24) is 9.97 Å². The van der Waals surface area contributed by atoms with E-state index in [0.717, 1.165) is 0 Å². The van der Waals surface area contributed by atoms with Gasteiger partial charge in [0.25, 0.3) is 5.56 Å². The first-order valence-electron chi connectivity index (χ1n) is 2.95. The predicted molar refractivity (Wildman–Crippen MR) is 46.4 cm³/mol. The Hall–Kier alpha value is -0.480. The second-order valence-corrected chi connectivity index (χ2v) is 3.15. The zero-order chi connectivity index (χ0) is 8.43. The molecule has 0 saturated carbocycles. The van der Waals surface area contributed by atoms with Crippen molar-refractivity contribution in [3.8, 4) is 0 Å². The Morgan fingerprint density at radius 2 is 2.27 bits per heavy atom. The minimum Gasteiger partial charge on any atom is -0.300 e. The summed E-state index contributed by atoms with van der Waals surface area (Å²) in [5.41, 5.74) is 0.295. The summed E-state index contributed by atoms with van der Waals surface area (Å²) in [7, 11) is 0. The molecule has 1 aromatic heterocycles. The standard InChI is InChI=1S/C6H7ClN2OS/c1-3-4(7)5(10)9-6(8-3)11-2/h1-2H3,(H,8,9,10). The van der Waals surface area contributed by atoms with Crippen LogP contribution in [-0.4, -0.2) is 16.2 Å². The second kappa shape index (κ2) is 3.28. The number of rotatable bonds is 1. The number of aromatic nitrogens is 2. The third-order valence-electron chi connectivity index (χ3n) is 1.20. The Morgan fingerprint density at radius 1 is 1.64 bits per heavy atom. The Morgan fingerprint density at radius 3 is 2.73 bits per heavy atom. The van der Waals surface area contributed by atoms with Gasteiger partial charge in [-0.1, -0.05) is 23.4 Å². The molecule has 1 rings (SSSR count). The lowest BCUT2D eigenvalue weighted by molar-refractivity contribution is 0.908. The molecule has 0 saturated heterocycles. The first-order chi connectivity index (χ1) is 5.15. The molecule has 3 nitrogen and oxygen atoms in total. The first kappa shape index (κ1) is 8.62. The van der Waals surface area contributed by atoms with Crippen LogP contribution in [0.5, 0.6) is 0 Å². The van der Waals surface area contributed by atoms with Gasteiger partial charge in [-0.25, -0.2) is 4.98 Å². The average molecular weight is 191 g/mol. The van der Waals surface area contributed by atoms with E-state index in [4.69, 9.17) is 11.6 Å². The van der Waals surface area contributed by atoms with E-state index in [-0.39, 0.29) is 10.6 Å². The van der Waals surface area contributed by atoms with Gasteiger partial charge in [-0.15, -0.1) is 0 Å². The summed E-state index contributed by atoms with van der Waals surface area (Å²) in [5, 5.41) is 0.764. The van der Waals surface area contributed by atoms with E-state index >= 15 is 0 Å². The lowest BCUT2D eigenvalue weighted by Crippen LogP contribution is -2.10. The average Bonchev–Trinajstić information content (AvgIpc) is 1.99. The van der Waals surface area contributed by atoms with Crippen molar-refractivity contribution in [3.63, 3.8) is 0 Å². The monoisotopic (exact) mass is 190 g/mol. The lowest BCUT2D eigenvalue weighted by atomic mass is 10.4. The number of hydrogen-bond donors (Lipinski definition) is 1. The number of hydrogen-bond acceptors (Lipinski definition) is 3. The van der Waals surface area contributed by atoms with E-state index in [9.17, 15) is 4.79 Å². The van der Waals surface area contributed by atoms with Crippen molar-refractivity contribution in [2.75, 3.05) is 6.26 Å². The van der Waals surface area contributed by atoms with Gasteiger partial charge in [0.05, 0.1) is 5.69 Å². The Bertz CT molecular complexity index is 323.